The fourth-order valence-electron chi connectivity index (χ4n) is 2.35. The lowest BCUT2D eigenvalue weighted by atomic mass is 10.3. The van der Waals surface area contributed by atoms with E-state index in [0.717, 1.165) is 22.1 Å². The average molecular weight is 382 g/mol. The number of aromatic nitrogens is 6. The third kappa shape index (κ3) is 3.44. The Balaban J connectivity index is 1.53. The molecule has 7 nitrogen and oxygen atoms in total. The summed E-state index contributed by atoms with van der Waals surface area (Å²) in [5.41, 5.74) is 1.87. The Bertz CT molecular complexity index is 994. The minimum atomic E-state index is 0.513. The molecule has 9 heteroatoms. The predicted octanol–water partition coefficient (Wildman–Crippen LogP) is 3.93. The van der Waals surface area contributed by atoms with Crippen LogP contribution in [0.2, 0.25) is 0 Å². The number of pyridine rings is 1. The third-order valence-electron chi connectivity index (χ3n) is 3.52. The van der Waals surface area contributed by atoms with E-state index in [9.17, 15) is 0 Å². The summed E-state index contributed by atoms with van der Waals surface area (Å²) < 4.78 is 7.33. The van der Waals surface area contributed by atoms with Crippen molar-refractivity contribution < 1.29 is 4.52 Å². The fraction of sp³-hybridized carbons (Fsp3) is 0.118. The molecule has 0 fully saturated rings. The zero-order valence-electron chi connectivity index (χ0n) is 13.6. The van der Waals surface area contributed by atoms with Crippen LogP contribution in [0, 0.1) is 0 Å². The molecule has 4 rings (SSSR count). The average Bonchev–Trinajstić information content (AvgIpc) is 3.42. The van der Waals surface area contributed by atoms with Gasteiger partial charge >= 0.3 is 0 Å². The van der Waals surface area contributed by atoms with Crippen molar-refractivity contribution in [1.29, 1.82) is 0 Å². The molecule has 0 aromatic carbocycles. The van der Waals surface area contributed by atoms with E-state index in [1.807, 2.05) is 39.6 Å². The first-order valence-electron chi connectivity index (χ1n) is 7.77. The van der Waals surface area contributed by atoms with Gasteiger partial charge in [-0.1, -0.05) is 23.0 Å². The van der Waals surface area contributed by atoms with Gasteiger partial charge in [0.25, 0.3) is 0 Å². The first kappa shape index (κ1) is 16.7. The van der Waals surface area contributed by atoms with Gasteiger partial charge in [-0.05, 0) is 23.6 Å². The highest BCUT2D eigenvalue weighted by Gasteiger charge is 2.16. The van der Waals surface area contributed by atoms with E-state index >= 15 is 0 Å². The Morgan fingerprint density at radius 2 is 2.23 bits per heavy atom. The fourth-order valence-corrected chi connectivity index (χ4v) is 3.77. The molecule has 4 aromatic heterocycles. The van der Waals surface area contributed by atoms with Crippen molar-refractivity contribution in [1.82, 2.24) is 29.9 Å². The molecule has 4 heterocycles. The molecule has 0 aliphatic carbocycles. The lowest BCUT2D eigenvalue weighted by Gasteiger charge is -2.06. The highest BCUT2D eigenvalue weighted by molar-refractivity contribution is 7.98. The molecule has 0 spiro atoms. The van der Waals surface area contributed by atoms with Crippen LogP contribution < -0.4 is 0 Å². The molecular formula is C17H14N6OS2. The van der Waals surface area contributed by atoms with Gasteiger partial charge in [0.1, 0.15) is 0 Å². The summed E-state index contributed by atoms with van der Waals surface area (Å²) in [7, 11) is 0. The third-order valence-corrected chi connectivity index (χ3v) is 5.16. The van der Waals surface area contributed by atoms with Crippen molar-refractivity contribution in [2.75, 3.05) is 0 Å². The topological polar surface area (TPSA) is 82.5 Å². The zero-order chi connectivity index (χ0) is 17.8. The van der Waals surface area contributed by atoms with E-state index in [4.69, 9.17) is 4.52 Å². The summed E-state index contributed by atoms with van der Waals surface area (Å²) in [5, 5.41) is 17.4. The molecule has 0 amide bonds. The molecular weight excluding hydrogens is 368 g/mol. The smallest absolute Gasteiger partial charge is 0.237 e. The van der Waals surface area contributed by atoms with E-state index in [0.29, 0.717) is 24.0 Å². The number of thioether (sulfide) groups is 1. The van der Waals surface area contributed by atoms with E-state index in [1.54, 1.807) is 23.7 Å². The van der Waals surface area contributed by atoms with Crippen LogP contribution in [-0.4, -0.2) is 29.9 Å². The second-order valence-corrected chi connectivity index (χ2v) is 6.98. The maximum absolute atomic E-state index is 5.34. The van der Waals surface area contributed by atoms with Crippen LogP contribution in [0.15, 0.2) is 63.7 Å². The second kappa shape index (κ2) is 7.63. The van der Waals surface area contributed by atoms with Gasteiger partial charge in [-0.25, -0.2) is 0 Å². The Morgan fingerprint density at radius 1 is 1.27 bits per heavy atom. The summed E-state index contributed by atoms with van der Waals surface area (Å²) in [4.78, 5) is 8.57. The van der Waals surface area contributed by atoms with Crippen LogP contribution in [0.3, 0.4) is 0 Å². The second-order valence-electron chi connectivity index (χ2n) is 5.26. The monoisotopic (exact) mass is 382 g/mol. The van der Waals surface area contributed by atoms with Gasteiger partial charge in [0.15, 0.2) is 11.0 Å². The molecule has 4 aromatic rings. The van der Waals surface area contributed by atoms with Crippen LogP contribution in [0.4, 0.5) is 0 Å². The standard InChI is InChI=1S/C17H14N6OS2/c1-2-7-23-16(12-4-3-6-18-9-12)20-21-17(23)26-11-14-19-15(22-24-14)13-5-8-25-10-13/h2-6,8-10H,1,7,11H2. The van der Waals surface area contributed by atoms with Gasteiger partial charge in [-0.2, -0.15) is 16.3 Å². The highest BCUT2D eigenvalue weighted by Crippen LogP contribution is 2.27. The lowest BCUT2D eigenvalue weighted by Crippen LogP contribution is -2.01. The van der Waals surface area contributed by atoms with E-state index in [1.165, 1.54) is 11.8 Å². The lowest BCUT2D eigenvalue weighted by molar-refractivity contribution is 0.391. The Kier molecular flexibility index (Phi) is 4.89. The van der Waals surface area contributed by atoms with E-state index < -0.39 is 0 Å². The largest absolute Gasteiger partial charge is 0.338 e. The molecule has 0 saturated carbocycles. The molecule has 0 radical (unpaired) electrons. The van der Waals surface area contributed by atoms with Crippen molar-refractivity contribution in [3.05, 3.63) is 59.9 Å². The number of rotatable bonds is 7. The minimum absolute atomic E-state index is 0.513. The van der Waals surface area contributed by atoms with Gasteiger partial charge in [0.05, 0.1) is 5.75 Å². The van der Waals surface area contributed by atoms with Crippen LogP contribution in [-0.2, 0) is 12.3 Å². The SMILES string of the molecule is C=CCn1c(SCc2nc(-c3ccsc3)no2)nnc1-c1cccnc1. The summed E-state index contributed by atoms with van der Waals surface area (Å²) in [6, 6.07) is 5.79. The van der Waals surface area contributed by atoms with Crippen molar-refractivity contribution in [3.63, 3.8) is 0 Å². The Hall–Kier alpha value is -2.78. The molecule has 0 unspecified atom stereocenters. The summed E-state index contributed by atoms with van der Waals surface area (Å²) in [5.74, 6) is 2.42. The first-order valence-corrected chi connectivity index (χ1v) is 9.70. The maximum atomic E-state index is 5.34. The molecule has 0 atom stereocenters. The Morgan fingerprint density at radius 3 is 3.00 bits per heavy atom. The van der Waals surface area contributed by atoms with Gasteiger partial charge in [0.2, 0.25) is 11.7 Å². The van der Waals surface area contributed by atoms with Crippen LogP contribution >= 0.6 is 23.1 Å². The van der Waals surface area contributed by atoms with Crippen LogP contribution in [0.25, 0.3) is 22.8 Å². The quantitative estimate of drug-likeness (QED) is 0.354. The van der Waals surface area contributed by atoms with E-state index in [2.05, 4.69) is 31.9 Å². The first-order chi connectivity index (χ1) is 12.8. The highest BCUT2D eigenvalue weighted by atomic mass is 32.2. The van der Waals surface area contributed by atoms with Gasteiger partial charge in [-0.15, -0.1) is 16.8 Å². The molecule has 26 heavy (non-hydrogen) atoms. The normalized spacial score (nSPS) is 10.9. The molecule has 130 valence electrons. The van der Waals surface area contributed by atoms with E-state index in [-0.39, 0.29) is 0 Å². The van der Waals surface area contributed by atoms with Gasteiger partial charge in [0, 0.05) is 35.4 Å². The molecule has 0 aliphatic heterocycles. The minimum Gasteiger partial charge on any atom is -0.338 e. The zero-order valence-corrected chi connectivity index (χ0v) is 15.3. The van der Waals surface area contributed by atoms with Crippen LogP contribution in [0.5, 0.6) is 0 Å². The molecule has 0 aliphatic rings. The number of hydrogen-bond donors (Lipinski definition) is 0. The van der Waals surface area contributed by atoms with Crippen molar-refractivity contribution in [2.45, 2.75) is 17.5 Å². The predicted molar refractivity (Wildman–Crippen MR) is 101 cm³/mol. The van der Waals surface area contributed by atoms with Crippen molar-refractivity contribution in [2.24, 2.45) is 0 Å². The van der Waals surface area contributed by atoms with Gasteiger partial charge < -0.3 is 4.52 Å². The van der Waals surface area contributed by atoms with Crippen molar-refractivity contribution in [3.8, 4) is 22.8 Å². The number of hydrogen-bond acceptors (Lipinski definition) is 8. The summed E-state index contributed by atoms with van der Waals surface area (Å²) in [6.07, 6.45) is 5.31. The van der Waals surface area contributed by atoms with Gasteiger partial charge in [-0.3, -0.25) is 9.55 Å². The summed E-state index contributed by atoms with van der Waals surface area (Å²) >= 11 is 3.09. The maximum Gasteiger partial charge on any atom is 0.237 e. The molecule has 0 bridgehead atoms. The van der Waals surface area contributed by atoms with Crippen LogP contribution in [0.1, 0.15) is 5.89 Å². The number of nitrogens with zero attached hydrogens (tertiary/aromatic N) is 6. The number of thiophene rings is 1. The molecule has 0 N–H and O–H groups in total. The Labute approximate surface area is 157 Å². The number of allylic oxidation sites excluding steroid dienone is 1. The van der Waals surface area contributed by atoms with Crippen molar-refractivity contribution >= 4 is 23.1 Å². The summed E-state index contributed by atoms with van der Waals surface area (Å²) in [6.45, 7) is 4.42. The molecule has 0 saturated heterocycles.